The lowest BCUT2D eigenvalue weighted by Gasteiger charge is -2.34. The van der Waals surface area contributed by atoms with E-state index in [0.717, 1.165) is 146 Å². The molecular formula is C57H70N12O5. The highest BCUT2D eigenvalue weighted by Crippen LogP contribution is 2.40. The highest BCUT2D eigenvalue weighted by molar-refractivity contribution is 6.01. The summed E-state index contributed by atoms with van der Waals surface area (Å²) in [5, 5.41) is 13.8. The molecule has 6 heterocycles. The second-order valence-corrected chi connectivity index (χ2v) is 19.5. The molecule has 0 bridgehead atoms. The Kier molecular flexibility index (Phi) is 16.3. The number of rotatable bonds is 15. The molecule has 2 amide bonds. The van der Waals surface area contributed by atoms with Gasteiger partial charge in [0.25, 0.3) is 5.91 Å². The molecule has 4 aliphatic heterocycles. The van der Waals surface area contributed by atoms with E-state index in [-0.39, 0.29) is 24.3 Å². The molecule has 4 aliphatic rings. The van der Waals surface area contributed by atoms with Gasteiger partial charge in [0.1, 0.15) is 29.7 Å². The van der Waals surface area contributed by atoms with Gasteiger partial charge in [-0.25, -0.2) is 9.97 Å². The van der Waals surface area contributed by atoms with Crippen LogP contribution in [0.1, 0.15) is 25.0 Å². The molecule has 0 spiro atoms. The van der Waals surface area contributed by atoms with Gasteiger partial charge in [-0.05, 0) is 86.6 Å². The number of fused-ring (bicyclic) bond motifs is 2. The van der Waals surface area contributed by atoms with E-state index in [2.05, 4.69) is 101 Å². The van der Waals surface area contributed by atoms with Gasteiger partial charge in [-0.2, -0.15) is 0 Å². The summed E-state index contributed by atoms with van der Waals surface area (Å²) in [5.74, 6) is 3.00. The van der Waals surface area contributed by atoms with Gasteiger partial charge in [0.15, 0.2) is 0 Å². The average Bonchev–Trinajstić information content (AvgIpc) is 4.06. The summed E-state index contributed by atoms with van der Waals surface area (Å²) in [5.41, 5.74) is 11.8. The maximum atomic E-state index is 12.8. The summed E-state index contributed by atoms with van der Waals surface area (Å²) in [6.45, 7) is 13.6. The molecule has 10 rings (SSSR count). The standard InChI is InChI=1S/C29H36N6O2.C28H34N6O3/c1-20(2)29(36)35-13-11-21-6-5-7-25(28(21)35)31-22-10-12-30-27(18-22)32-24-9-8-23(19-26(24)37-4)34-16-14-33(3)15-17-34;1-32-13-15-33(16-14-32)22-7-8-23(25(18-22)37-3)31-26-17-21(9-11-29-26)30-24-6-4-5-20-10-12-34(28(20)24)27(35)19-36-2/h5-10,12,18-20H,11,13-17H2,1-4H3,(H2,30,31,32);4-9,11,17-18H,10,12-16,19H2,1-3H3,(H2,29,30,31). The molecule has 4 aromatic carbocycles. The molecule has 17 nitrogen and oxygen atoms in total. The van der Waals surface area contributed by atoms with Gasteiger partial charge in [-0.1, -0.05) is 38.1 Å². The van der Waals surface area contributed by atoms with Crippen molar-refractivity contribution in [1.82, 2.24) is 19.8 Å². The molecule has 4 N–H and O–H groups in total. The Morgan fingerprint density at radius 3 is 1.45 bits per heavy atom. The number of carbonyl (C=O) groups is 2. The number of pyridine rings is 2. The molecule has 17 heteroatoms. The van der Waals surface area contributed by atoms with Crippen molar-refractivity contribution in [1.29, 1.82) is 0 Å². The van der Waals surface area contributed by atoms with Gasteiger partial charge >= 0.3 is 0 Å². The topological polar surface area (TPSA) is 155 Å². The van der Waals surface area contributed by atoms with Crippen LogP contribution in [0.25, 0.3) is 0 Å². The van der Waals surface area contributed by atoms with Crippen molar-refractivity contribution in [3.05, 3.63) is 121 Å². The van der Waals surface area contributed by atoms with Crippen molar-refractivity contribution in [2.24, 2.45) is 5.92 Å². The number of aromatic nitrogens is 2. The number of likely N-dealkylation sites (N-methyl/N-ethyl adjacent to an activating group) is 2. The minimum Gasteiger partial charge on any atom is -0.494 e. The first-order valence-electron chi connectivity index (χ1n) is 25.6. The lowest BCUT2D eigenvalue weighted by molar-refractivity contribution is -0.122. The van der Waals surface area contributed by atoms with E-state index >= 15 is 0 Å². The minimum absolute atomic E-state index is 0.0419. The number of nitrogens with zero attached hydrogens (tertiary/aromatic N) is 8. The first-order valence-corrected chi connectivity index (χ1v) is 25.6. The molecule has 0 saturated carbocycles. The summed E-state index contributed by atoms with van der Waals surface area (Å²) in [6.07, 6.45) is 5.23. The third-order valence-corrected chi connectivity index (χ3v) is 14.0. The maximum absolute atomic E-state index is 12.8. The number of nitrogens with one attached hydrogen (secondary N) is 4. The smallest absolute Gasteiger partial charge is 0.253 e. The van der Waals surface area contributed by atoms with E-state index < -0.39 is 0 Å². The third-order valence-electron chi connectivity index (χ3n) is 14.0. The monoisotopic (exact) mass is 1000 g/mol. The van der Waals surface area contributed by atoms with Crippen LogP contribution in [-0.2, 0) is 27.2 Å². The Labute approximate surface area is 435 Å². The molecule has 2 fully saturated rings. The number of piperazine rings is 2. The van der Waals surface area contributed by atoms with Gasteiger partial charge in [0.05, 0.1) is 48.3 Å². The number of benzene rings is 4. The molecule has 0 atom stereocenters. The zero-order valence-corrected chi connectivity index (χ0v) is 43.8. The number of anilines is 12. The zero-order valence-electron chi connectivity index (χ0n) is 43.8. The summed E-state index contributed by atoms with van der Waals surface area (Å²) in [4.78, 5) is 47.6. The molecule has 2 aromatic heterocycles. The number of hydrogen-bond acceptors (Lipinski definition) is 15. The van der Waals surface area contributed by atoms with Crippen LogP contribution in [0.15, 0.2) is 109 Å². The Bertz CT molecular complexity index is 2920. The molecule has 6 aromatic rings. The molecule has 0 radical (unpaired) electrons. The highest BCUT2D eigenvalue weighted by atomic mass is 16.5. The van der Waals surface area contributed by atoms with Crippen molar-refractivity contribution >= 4 is 80.3 Å². The minimum atomic E-state index is -0.0478. The Morgan fingerprint density at radius 2 is 1.00 bits per heavy atom. The first kappa shape index (κ1) is 51.3. The molecule has 0 unspecified atom stereocenters. The van der Waals surface area contributed by atoms with E-state index in [1.54, 1.807) is 38.6 Å². The SMILES string of the molecule is COCC(=O)N1CCc2cccc(Nc3ccnc(Nc4ccc(N5CCN(C)CC5)cc4OC)c3)c21.COc1cc(N2CCN(C)CC2)ccc1Nc1cc(Nc2cccc3c2N(C(=O)C(C)C)CC3)ccn1. The van der Waals surface area contributed by atoms with E-state index in [0.29, 0.717) is 18.2 Å². The Balaban J connectivity index is 0.000000182. The average molecular weight is 1000 g/mol. The quantitative estimate of drug-likeness (QED) is 0.0775. The van der Waals surface area contributed by atoms with Crippen molar-refractivity contribution in [3.63, 3.8) is 0 Å². The molecule has 74 heavy (non-hydrogen) atoms. The number of para-hydroxylation sites is 2. The van der Waals surface area contributed by atoms with Crippen LogP contribution in [0.3, 0.4) is 0 Å². The fraction of sp³-hybridized carbons (Fsp3) is 0.368. The van der Waals surface area contributed by atoms with E-state index in [1.807, 2.05) is 79.4 Å². The zero-order chi connectivity index (χ0) is 51.7. The summed E-state index contributed by atoms with van der Waals surface area (Å²) in [7, 11) is 9.24. The second-order valence-electron chi connectivity index (χ2n) is 19.5. The molecular weight excluding hydrogens is 933 g/mol. The van der Waals surface area contributed by atoms with Crippen LogP contribution in [0.4, 0.5) is 68.5 Å². The maximum Gasteiger partial charge on any atom is 0.253 e. The summed E-state index contributed by atoms with van der Waals surface area (Å²) >= 11 is 0. The molecule has 0 aliphatic carbocycles. The molecule has 2 saturated heterocycles. The first-order chi connectivity index (χ1) is 36.0. The number of ether oxygens (including phenoxy) is 3. The predicted octanol–water partition coefficient (Wildman–Crippen LogP) is 8.74. The van der Waals surface area contributed by atoms with Crippen LogP contribution in [0.2, 0.25) is 0 Å². The van der Waals surface area contributed by atoms with Gasteiger partial charge in [-0.3, -0.25) is 9.59 Å². The van der Waals surface area contributed by atoms with Crippen molar-refractivity contribution in [2.45, 2.75) is 26.7 Å². The van der Waals surface area contributed by atoms with Gasteiger partial charge in [0, 0.05) is 138 Å². The van der Waals surface area contributed by atoms with Crippen molar-refractivity contribution in [2.75, 3.05) is 148 Å². The fourth-order valence-electron chi connectivity index (χ4n) is 9.93. The lowest BCUT2D eigenvalue weighted by atomic mass is 10.1. The Morgan fingerprint density at radius 1 is 0.541 bits per heavy atom. The van der Waals surface area contributed by atoms with Gasteiger partial charge in [0.2, 0.25) is 5.91 Å². The summed E-state index contributed by atoms with van der Waals surface area (Å²) in [6, 6.07) is 32.5. The molecule has 388 valence electrons. The van der Waals surface area contributed by atoms with Crippen molar-refractivity contribution < 1.29 is 23.8 Å². The van der Waals surface area contributed by atoms with Gasteiger partial charge < -0.3 is 64.9 Å². The second kappa shape index (κ2) is 23.5. The van der Waals surface area contributed by atoms with E-state index in [4.69, 9.17) is 14.2 Å². The number of amides is 2. The fourth-order valence-corrected chi connectivity index (χ4v) is 9.93. The Hall–Kier alpha value is -7.60. The van der Waals surface area contributed by atoms with Crippen LogP contribution >= 0.6 is 0 Å². The highest BCUT2D eigenvalue weighted by Gasteiger charge is 2.30. The van der Waals surface area contributed by atoms with Gasteiger partial charge in [-0.15, -0.1) is 0 Å². The third kappa shape index (κ3) is 11.9. The van der Waals surface area contributed by atoms with Crippen LogP contribution in [-0.4, -0.2) is 139 Å². The number of methoxy groups -OCH3 is 3. The predicted molar refractivity (Wildman–Crippen MR) is 299 cm³/mol. The largest absolute Gasteiger partial charge is 0.494 e. The number of hydrogen-bond donors (Lipinski definition) is 4. The van der Waals surface area contributed by atoms with E-state index in [1.165, 1.54) is 5.56 Å². The number of carbonyl (C=O) groups excluding carboxylic acids is 2. The van der Waals surface area contributed by atoms with Crippen molar-refractivity contribution in [3.8, 4) is 11.5 Å². The normalized spacial score (nSPS) is 15.5. The lowest BCUT2D eigenvalue weighted by Crippen LogP contribution is -2.44. The van der Waals surface area contributed by atoms with Crippen LogP contribution < -0.4 is 50.3 Å². The van der Waals surface area contributed by atoms with Crippen LogP contribution in [0.5, 0.6) is 11.5 Å². The summed E-state index contributed by atoms with van der Waals surface area (Å²) < 4.78 is 16.5. The van der Waals surface area contributed by atoms with E-state index in [9.17, 15) is 9.59 Å². The van der Waals surface area contributed by atoms with Crippen LogP contribution in [0, 0.1) is 5.92 Å².